The highest BCUT2D eigenvalue weighted by Gasteiger charge is 2.56. The molecule has 1 saturated carbocycles. The van der Waals surface area contributed by atoms with Crippen LogP contribution in [0, 0.1) is 28.5 Å². The third kappa shape index (κ3) is 4.01. The molecule has 1 aliphatic carbocycles. The maximum atomic E-state index is 15.6. The molecule has 2 fully saturated rings. The Morgan fingerprint density at radius 1 is 1.31 bits per heavy atom. The molecule has 5 rings (SSSR count). The zero-order chi connectivity index (χ0) is 25.6. The molecule has 1 aliphatic heterocycles. The van der Waals surface area contributed by atoms with E-state index in [0.29, 0.717) is 29.8 Å². The number of halogens is 1. The summed E-state index contributed by atoms with van der Waals surface area (Å²) in [5.74, 6) is -1.24. The van der Waals surface area contributed by atoms with Crippen molar-refractivity contribution in [3.8, 4) is 28.5 Å². The van der Waals surface area contributed by atoms with Gasteiger partial charge >= 0.3 is 0 Å². The number of aryl methyl sites for hydroxylation is 1. The molecule has 0 unspecified atom stereocenters. The number of aliphatic hydroxyl groups is 1. The van der Waals surface area contributed by atoms with Crippen molar-refractivity contribution < 1.29 is 19.1 Å². The number of aromatic nitrogens is 3. The summed E-state index contributed by atoms with van der Waals surface area (Å²) < 4.78 is 17.2. The first-order chi connectivity index (χ1) is 17.3. The van der Waals surface area contributed by atoms with Gasteiger partial charge in [0.05, 0.1) is 41.5 Å². The number of amides is 2. The lowest BCUT2D eigenvalue weighted by molar-refractivity contribution is -0.123. The van der Waals surface area contributed by atoms with E-state index in [4.69, 9.17) is 0 Å². The summed E-state index contributed by atoms with van der Waals surface area (Å²) in [6.07, 6.45) is 5.45. The van der Waals surface area contributed by atoms with Gasteiger partial charge in [-0.15, -0.1) is 0 Å². The van der Waals surface area contributed by atoms with Gasteiger partial charge < -0.3 is 15.3 Å². The van der Waals surface area contributed by atoms with Crippen LogP contribution in [0.4, 0.5) is 15.8 Å². The van der Waals surface area contributed by atoms with Gasteiger partial charge in [0.1, 0.15) is 11.2 Å². The molecule has 2 aliphatic rings. The van der Waals surface area contributed by atoms with Crippen LogP contribution in [0.2, 0.25) is 0 Å². The summed E-state index contributed by atoms with van der Waals surface area (Å²) in [4.78, 5) is 31.3. The predicted molar refractivity (Wildman–Crippen MR) is 130 cm³/mol. The number of anilines is 2. The van der Waals surface area contributed by atoms with E-state index in [1.54, 1.807) is 42.3 Å². The molecule has 0 bridgehead atoms. The van der Waals surface area contributed by atoms with Crippen molar-refractivity contribution in [3.05, 3.63) is 48.2 Å². The van der Waals surface area contributed by atoms with Crippen molar-refractivity contribution in [2.45, 2.75) is 32.8 Å². The van der Waals surface area contributed by atoms with Gasteiger partial charge in [-0.25, -0.2) is 4.39 Å². The number of carbonyl (C=O) groups excluding carboxylic acids is 2. The minimum absolute atomic E-state index is 0.0368. The normalized spacial score (nSPS) is 19.4. The summed E-state index contributed by atoms with van der Waals surface area (Å²) >= 11 is 0. The molecule has 36 heavy (non-hydrogen) atoms. The minimum atomic E-state index is -1.04. The van der Waals surface area contributed by atoms with Crippen LogP contribution >= 0.6 is 0 Å². The molecule has 2 aromatic heterocycles. The Morgan fingerprint density at radius 3 is 2.69 bits per heavy atom. The van der Waals surface area contributed by atoms with Gasteiger partial charge in [0.25, 0.3) is 0 Å². The summed E-state index contributed by atoms with van der Waals surface area (Å²) in [6.45, 7) is 1.24. The third-order valence-corrected chi connectivity index (χ3v) is 6.86. The van der Waals surface area contributed by atoms with Crippen LogP contribution in [0.3, 0.4) is 0 Å². The zero-order valence-corrected chi connectivity index (χ0v) is 20.0. The summed E-state index contributed by atoms with van der Waals surface area (Å²) in [7, 11) is 1.75. The van der Waals surface area contributed by atoms with E-state index in [-0.39, 0.29) is 34.5 Å². The quantitative estimate of drug-likeness (QED) is 0.548. The summed E-state index contributed by atoms with van der Waals surface area (Å²) in [6, 6.07) is 8.36. The lowest BCUT2D eigenvalue weighted by Gasteiger charge is -2.22. The van der Waals surface area contributed by atoms with Crippen molar-refractivity contribution in [2.75, 3.05) is 16.8 Å². The minimum Gasteiger partial charge on any atom is -0.390 e. The first kappa shape index (κ1) is 23.6. The molecule has 3 heterocycles. The van der Waals surface area contributed by atoms with Gasteiger partial charge in [-0.05, 0) is 55.0 Å². The van der Waals surface area contributed by atoms with Crippen molar-refractivity contribution in [1.29, 1.82) is 5.26 Å². The fourth-order valence-electron chi connectivity index (χ4n) is 4.96. The maximum absolute atomic E-state index is 15.6. The molecule has 184 valence electrons. The smallest absolute Gasteiger partial charge is 0.247 e. The van der Waals surface area contributed by atoms with E-state index in [1.165, 1.54) is 17.9 Å². The van der Waals surface area contributed by atoms with Gasteiger partial charge in [-0.3, -0.25) is 19.3 Å². The molecule has 2 amide bonds. The average Bonchev–Trinajstić information content (AvgIpc) is 3.52. The number of aliphatic hydroxyl groups excluding tert-OH is 1. The molecule has 9 nitrogen and oxygen atoms in total. The first-order valence-corrected chi connectivity index (χ1v) is 11.7. The van der Waals surface area contributed by atoms with Crippen LogP contribution < -0.4 is 10.2 Å². The van der Waals surface area contributed by atoms with Gasteiger partial charge in [0.15, 0.2) is 0 Å². The summed E-state index contributed by atoms with van der Waals surface area (Å²) in [5.41, 5.74) is 1.20. The molecule has 0 spiro atoms. The Hall–Kier alpha value is -4.10. The second-order valence-corrected chi connectivity index (χ2v) is 9.39. The van der Waals surface area contributed by atoms with E-state index in [9.17, 15) is 20.0 Å². The number of carbonyl (C=O) groups is 2. The monoisotopic (exact) mass is 488 g/mol. The van der Waals surface area contributed by atoms with Crippen LogP contribution in [0.1, 0.15) is 31.9 Å². The van der Waals surface area contributed by atoms with Crippen molar-refractivity contribution in [2.24, 2.45) is 18.4 Å². The van der Waals surface area contributed by atoms with E-state index in [0.717, 1.165) is 12.8 Å². The number of hydrogen-bond acceptors (Lipinski definition) is 6. The van der Waals surface area contributed by atoms with Crippen molar-refractivity contribution in [3.63, 3.8) is 0 Å². The Labute approximate surface area is 207 Å². The predicted octanol–water partition coefficient (Wildman–Crippen LogP) is 3.40. The fourth-order valence-corrected chi connectivity index (χ4v) is 4.96. The maximum Gasteiger partial charge on any atom is 0.247 e. The highest BCUT2D eigenvalue weighted by Crippen LogP contribution is 2.52. The number of pyridine rings is 1. The van der Waals surface area contributed by atoms with E-state index >= 15 is 4.39 Å². The number of hydrogen-bond donors (Lipinski definition) is 2. The molecule has 1 saturated heterocycles. The van der Waals surface area contributed by atoms with Crippen LogP contribution in [0.5, 0.6) is 0 Å². The second kappa shape index (κ2) is 8.84. The fraction of sp³-hybridized carbons (Fsp3) is 0.346. The van der Waals surface area contributed by atoms with E-state index in [2.05, 4.69) is 21.5 Å². The third-order valence-electron chi connectivity index (χ3n) is 6.86. The molecule has 3 aromatic rings. The lowest BCUT2D eigenvalue weighted by atomic mass is 9.83. The number of nitriles is 1. The topological polar surface area (TPSA) is 124 Å². The van der Waals surface area contributed by atoms with Crippen molar-refractivity contribution in [1.82, 2.24) is 14.8 Å². The lowest BCUT2D eigenvalue weighted by Crippen LogP contribution is -2.35. The highest BCUT2D eigenvalue weighted by molar-refractivity contribution is 6.03. The average molecular weight is 489 g/mol. The number of benzene rings is 1. The Kier molecular flexibility index (Phi) is 5.80. The molecular formula is C26H25FN6O3. The van der Waals surface area contributed by atoms with Crippen LogP contribution in [0.15, 0.2) is 36.7 Å². The Morgan fingerprint density at radius 2 is 2.08 bits per heavy atom. The molecule has 1 aromatic carbocycles. The largest absolute Gasteiger partial charge is 0.390 e. The molecule has 0 radical (unpaired) electrons. The Bertz CT molecular complexity index is 1420. The highest BCUT2D eigenvalue weighted by atomic mass is 19.1. The molecule has 1 atom stereocenters. The SMILES string of the molecule is CC(=O)Nc1cc(-c2cnn(C)c2)cc(F)c1-c1cc(N2CC[C@@](C#N)(C3CC3)C2=O)cc(CO)n1. The van der Waals surface area contributed by atoms with Gasteiger partial charge in [-0.1, -0.05) is 0 Å². The van der Waals surface area contributed by atoms with Gasteiger partial charge in [0, 0.05) is 38.0 Å². The van der Waals surface area contributed by atoms with Crippen molar-refractivity contribution >= 4 is 23.2 Å². The molecular weight excluding hydrogens is 463 g/mol. The van der Waals surface area contributed by atoms with Crippen LogP contribution in [-0.2, 0) is 23.2 Å². The van der Waals surface area contributed by atoms with E-state index in [1.807, 2.05) is 0 Å². The van der Waals surface area contributed by atoms with E-state index < -0.39 is 23.7 Å². The van der Waals surface area contributed by atoms with Crippen LogP contribution in [-0.4, -0.2) is 38.2 Å². The number of rotatable bonds is 6. The van der Waals surface area contributed by atoms with Gasteiger partial charge in [-0.2, -0.15) is 10.4 Å². The number of nitrogens with one attached hydrogen (secondary N) is 1. The zero-order valence-electron chi connectivity index (χ0n) is 20.0. The first-order valence-electron chi connectivity index (χ1n) is 11.7. The summed E-state index contributed by atoms with van der Waals surface area (Å²) in [5, 5.41) is 26.5. The Balaban J connectivity index is 1.61. The standard InChI is InChI=1S/C26H25FN6O3/c1-15(35)30-22-8-16(17-11-29-32(2)12-17)7-21(27)24(22)23-10-20(9-19(13-34)31-23)33-6-5-26(14-28,25(33)36)18-3-4-18/h7-12,18,34H,3-6,13H2,1-2H3,(H,30,35)/t26-/m1/s1. The second-order valence-electron chi connectivity index (χ2n) is 9.39. The molecule has 10 heteroatoms. The van der Waals surface area contributed by atoms with Crippen LogP contribution in [0.25, 0.3) is 22.4 Å². The number of nitrogens with zero attached hydrogens (tertiary/aromatic N) is 5. The molecule has 2 N–H and O–H groups in total. The van der Waals surface area contributed by atoms with Gasteiger partial charge in [0.2, 0.25) is 11.8 Å².